The van der Waals surface area contributed by atoms with Crippen LogP contribution in [0.1, 0.15) is 32.8 Å². The average molecular weight is 353 g/mol. The molecule has 4 nitrogen and oxygen atoms in total. The van der Waals surface area contributed by atoms with E-state index < -0.39 is 0 Å². The molecule has 0 unspecified atom stereocenters. The van der Waals surface area contributed by atoms with Gasteiger partial charge in [0.2, 0.25) is 0 Å². The molecule has 4 heteroatoms. The van der Waals surface area contributed by atoms with Gasteiger partial charge < -0.3 is 22.5 Å². The van der Waals surface area contributed by atoms with Crippen molar-refractivity contribution in [2.75, 3.05) is 5.32 Å². The summed E-state index contributed by atoms with van der Waals surface area (Å²) in [6, 6.07) is 7.53. The van der Waals surface area contributed by atoms with Gasteiger partial charge in [-0.2, -0.15) is 0 Å². The summed E-state index contributed by atoms with van der Waals surface area (Å²) in [6.45, 7) is 13.5. The lowest BCUT2D eigenvalue weighted by atomic mass is 10.1. The Hall–Kier alpha value is -3.14. The number of anilines is 1. The zero-order valence-corrected chi connectivity index (χ0v) is 16.1. The highest BCUT2D eigenvalue weighted by molar-refractivity contribution is 5.65. The molecular formula is C22H32N4. The third-order valence-electron chi connectivity index (χ3n) is 3.02. The summed E-state index contributed by atoms with van der Waals surface area (Å²) in [5.74, 6) is 0.468. The van der Waals surface area contributed by atoms with Crippen molar-refractivity contribution < 1.29 is 0 Å². The summed E-state index contributed by atoms with van der Waals surface area (Å²) >= 11 is 0. The normalized spacial score (nSPS) is 12.3. The monoisotopic (exact) mass is 352 g/mol. The molecule has 140 valence electrons. The summed E-state index contributed by atoms with van der Waals surface area (Å²) in [6.07, 6.45) is 12.0. The maximum atomic E-state index is 6.03. The summed E-state index contributed by atoms with van der Waals surface area (Å²) in [4.78, 5) is 0. The summed E-state index contributed by atoms with van der Waals surface area (Å²) in [5, 5.41) is 3.08. The minimum atomic E-state index is 0.468. The molecule has 0 amide bonds. The van der Waals surface area contributed by atoms with Crippen LogP contribution in [0.4, 0.5) is 5.69 Å². The smallest absolute Gasteiger partial charge is 0.101 e. The van der Waals surface area contributed by atoms with E-state index in [1.165, 1.54) is 6.42 Å². The van der Waals surface area contributed by atoms with Crippen LogP contribution in [0.2, 0.25) is 0 Å². The minimum Gasteiger partial charge on any atom is -0.399 e. The quantitative estimate of drug-likeness (QED) is 0.532. The van der Waals surface area contributed by atoms with E-state index in [0.29, 0.717) is 17.2 Å². The predicted octanol–water partition coefficient (Wildman–Crippen LogP) is 4.78. The Bertz CT molecular complexity index is 707. The van der Waals surface area contributed by atoms with Crippen molar-refractivity contribution in [3.8, 4) is 0 Å². The van der Waals surface area contributed by atoms with Crippen molar-refractivity contribution in [1.29, 1.82) is 0 Å². The molecule has 0 spiro atoms. The summed E-state index contributed by atoms with van der Waals surface area (Å²) < 4.78 is 0. The number of hydrogen-bond acceptors (Lipinski definition) is 4. The average Bonchev–Trinajstić information content (AvgIpc) is 2.61. The second-order valence-electron chi connectivity index (χ2n) is 5.52. The third kappa shape index (κ3) is 9.23. The van der Waals surface area contributed by atoms with Crippen LogP contribution in [-0.4, -0.2) is 0 Å². The molecule has 0 fully saturated rings. The molecule has 0 atom stereocenters. The molecule has 1 aromatic rings. The van der Waals surface area contributed by atoms with Gasteiger partial charge in [0.1, 0.15) is 5.82 Å². The van der Waals surface area contributed by atoms with E-state index in [1.807, 2.05) is 49.4 Å². The predicted molar refractivity (Wildman–Crippen MR) is 117 cm³/mol. The highest BCUT2D eigenvalue weighted by Gasteiger charge is 1.98. The summed E-state index contributed by atoms with van der Waals surface area (Å²) in [5.41, 5.74) is 21.4. The van der Waals surface area contributed by atoms with E-state index in [1.54, 1.807) is 18.2 Å². The van der Waals surface area contributed by atoms with Crippen LogP contribution >= 0.6 is 0 Å². The van der Waals surface area contributed by atoms with E-state index in [4.69, 9.17) is 17.2 Å². The Kier molecular flexibility index (Phi) is 11.6. The molecule has 0 aliphatic rings. The van der Waals surface area contributed by atoms with E-state index in [9.17, 15) is 0 Å². The van der Waals surface area contributed by atoms with Crippen LogP contribution in [-0.2, 0) is 0 Å². The number of allylic oxidation sites excluding steroid dienone is 6. The molecular weight excluding hydrogens is 320 g/mol. The van der Waals surface area contributed by atoms with Crippen molar-refractivity contribution >= 4 is 11.4 Å². The van der Waals surface area contributed by atoms with Crippen LogP contribution in [0.3, 0.4) is 0 Å². The van der Waals surface area contributed by atoms with Gasteiger partial charge in [0.25, 0.3) is 0 Å². The lowest BCUT2D eigenvalue weighted by Gasteiger charge is -2.08. The fourth-order valence-corrected chi connectivity index (χ4v) is 1.81. The van der Waals surface area contributed by atoms with Crippen LogP contribution in [0.25, 0.3) is 5.70 Å². The van der Waals surface area contributed by atoms with Gasteiger partial charge in [0.15, 0.2) is 0 Å². The molecule has 26 heavy (non-hydrogen) atoms. The number of rotatable bonds is 7. The van der Waals surface area contributed by atoms with E-state index in [-0.39, 0.29) is 0 Å². The number of nitrogens with one attached hydrogen (secondary N) is 1. The molecule has 0 radical (unpaired) electrons. The molecule has 0 bridgehead atoms. The second-order valence-corrected chi connectivity index (χ2v) is 5.52. The van der Waals surface area contributed by atoms with Crippen LogP contribution in [0.5, 0.6) is 0 Å². The fraction of sp³-hybridized carbons (Fsp3) is 0.182. The van der Waals surface area contributed by atoms with Crippen LogP contribution in [0, 0.1) is 0 Å². The fourth-order valence-electron chi connectivity index (χ4n) is 1.81. The zero-order chi connectivity index (χ0) is 19.9. The van der Waals surface area contributed by atoms with Gasteiger partial charge in [-0.25, -0.2) is 0 Å². The van der Waals surface area contributed by atoms with E-state index in [0.717, 1.165) is 16.8 Å². The maximum Gasteiger partial charge on any atom is 0.101 e. The van der Waals surface area contributed by atoms with Gasteiger partial charge in [-0.3, -0.25) is 0 Å². The molecule has 0 saturated carbocycles. The molecule has 7 N–H and O–H groups in total. The highest BCUT2D eigenvalue weighted by atomic mass is 15.0. The Morgan fingerprint density at radius 2 is 1.81 bits per heavy atom. The molecule has 0 saturated heterocycles. The topological polar surface area (TPSA) is 90.1 Å². The van der Waals surface area contributed by atoms with Crippen molar-refractivity contribution in [3.05, 3.63) is 96.5 Å². The first kappa shape index (κ1) is 22.9. The minimum absolute atomic E-state index is 0.468. The van der Waals surface area contributed by atoms with Gasteiger partial charge in [0.05, 0.1) is 0 Å². The molecule has 1 aromatic carbocycles. The Morgan fingerprint density at radius 3 is 2.35 bits per heavy atom. The van der Waals surface area contributed by atoms with Gasteiger partial charge >= 0.3 is 0 Å². The number of benzene rings is 1. The SMILES string of the molecule is C=C\C=C/C(=C\C)C(/N)=C/C=C(\N)Nc1cccc(C(=C)N)c1.CCC. The Morgan fingerprint density at radius 1 is 1.15 bits per heavy atom. The van der Waals surface area contributed by atoms with Crippen LogP contribution in [0.15, 0.2) is 91.0 Å². The maximum absolute atomic E-state index is 6.03. The molecule has 1 rings (SSSR count). The first-order chi connectivity index (χ1) is 12.4. The van der Waals surface area contributed by atoms with Crippen molar-refractivity contribution in [2.24, 2.45) is 17.2 Å². The Labute approximate surface area is 158 Å². The second kappa shape index (κ2) is 13.2. The molecule has 0 aliphatic carbocycles. The number of nitrogens with two attached hydrogens (primary N) is 3. The highest BCUT2D eigenvalue weighted by Crippen LogP contribution is 2.15. The van der Waals surface area contributed by atoms with Gasteiger partial charge in [-0.15, -0.1) is 0 Å². The van der Waals surface area contributed by atoms with E-state index >= 15 is 0 Å². The van der Waals surface area contributed by atoms with E-state index in [2.05, 4.69) is 32.3 Å². The zero-order valence-electron chi connectivity index (χ0n) is 16.1. The van der Waals surface area contributed by atoms with Gasteiger partial charge in [0, 0.05) is 17.1 Å². The largest absolute Gasteiger partial charge is 0.399 e. The molecule has 0 aliphatic heterocycles. The lowest BCUT2D eigenvalue weighted by molar-refractivity contribution is 1.09. The molecule has 0 heterocycles. The van der Waals surface area contributed by atoms with Crippen molar-refractivity contribution in [3.63, 3.8) is 0 Å². The standard InChI is InChI=1S/C19H24N4.C3H8/c1-4-6-8-15(5-2)18(21)11-12-19(22)23-17-10-7-9-16(13-17)14(3)20;1-3-2/h4-13,23H,1,3,20-22H2,2H3;3H2,1-2H3/b8-6-,15-5+,18-11-,19-12+;. The molecule has 0 aromatic heterocycles. The Balaban J connectivity index is 0.00000194. The first-order valence-electron chi connectivity index (χ1n) is 8.60. The van der Waals surface area contributed by atoms with Gasteiger partial charge in [-0.05, 0) is 42.3 Å². The summed E-state index contributed by atoms with van der Waals surface area (Å²) in [7, 11) is 0. The first-order valence-corrected chi connectivity index (χ1v) is 8.60. The van der Waals surface area contributed by atoms with Gasteiger partial charge in [-0.1, -0.05) is 69.9 Å². The lowest BCUT2D eigenvalue weighted by Crippen LogP contribution is -2.09. The third-order valence-corrected chi connectivity index (χ3v) is 3.02. The van der Waals surface area contributed by atoms with Crippen molar-refractivity contribution in [2.45, 2.75) is 27.2 Å². The van der Waals surface area contributed by atoms with Crippen LogP contribution < -0.4 is 22.5 Å². The number of hydrogen-bond donors (Lipinski definition) is 4. The van der Waals surface area contributed by atoms with Crippen molar-refractivity contribution in [1.82, 2.24) is 0 Å².